The van der Waals surface area contributed by atoms with Gasteiger partial charge in [0, 0.05) is 19.0 Å². The molecule has 0 radical (unpaired) electrons. The summed E-state index contributed by atoms with van der Waals surface area (Å²) in [5.74, 6) is 0. The molecule has 0 saturated carbocycles. The highest BCUT2D eigenvalue weighted by molar-refractivity contribution is 5.38. The van der Waals surface area contributed by atoms with Crippen LogP contribution >= 0.6 is 0 Å². The third-order valence-corrected chi connectivity index (χ3v) is 2.10. The Morgan fingerprint density at radius 3 is 3.14 bits per heavy atom. The van der Waals surface area contributed by atoms with Gasteiger partial charge in [0.2, 0.25) is 0 Å². The Balaban J connectivity index is 2.35. The zero-order valence-electron chi connectivity index (χ0n) is 7.67. The van der Waals surface area contributed by atoms with Crippen LogP contribution in [0.1, 0.15) is 18.2 Å². The van der Waals surface area contributed by atoms with Crippen LogP contribution in [0, 0.1) is 0 Å². The van der Waals surface area contributed by atoms with Gasteiger partial charge in [-0.25, -0.2) is 9.97 Å². The average Bonchev–Trinajstić information content (AvgIpc) is 2.61. The number of hydrogen-bond acceptors (Lipinski definition) is 4. The van der Waals surface area contributed by atoms with Crippen molar-refractivity contribution in [3.05, 3.63) is 30.5 Å². The van der Waals surface area contributed by atoms with Crippen molar-refractivity contribution in [1.29, 1.82) is 0 Å². The molecule has 0 fully saturated rings. The standard InChI is InChI=1S/C9H12N4O/c10-7(2-4-14)8-5-13-6-11-3-1-9(13)12-8/h1,3,5-7,14H,2,4,10H2. The summed E-state index contributed by atoms with van der Waals surface area (Å²) >= 11 is 0. The van der Waals surface area contributed by atoms with Gasteiger partial charge >= 0.3 is 0 Å². The van der Waals surface area contributed by atoms with E-state index < -0.39 is 0 Å². The molecule has 0 aromatic carbocycles. The number of aliphatic hydroxyl groups excluding tert-OH is 1. The maximum absolute atomic E-state index is 8.75. The van der Waals surface area contributed by atoms with E-state index in [4.69, 9.17) is 10.8 Å². The molecule has 3 N–H and O–H groups in total. The molecular weight excluding hydrogens is 180 g/mol. The van der Waals surface area contributed by atoms with Crippen LogP contribution in [0.2, 0.25) is 0 Å². The Kier molecular flexibility index (Phi) is 2.43. The van der Waals surface area contributed by atoms with Gasteiger partial charge < -0.3 is 10.8 Å². The minimum Gasteiger partial charge on any atom is -0.396 e. The Morgan fingerprint density at radius 2 is 2.43 bits per heavy atom. The molecule has 0 amide bonds. The number of nitrogens with two attached hydrogens (primary N) is 1. The molecule has 1 atom stereocenters. The molecule has 2 rings (SSSR count). The first-order valence-corrected chi connectivity index (χ1v) is 4.46. The average molecular weight is 192 g/mol. The van der Waals surface area contributed by atoms with Gasteiger partial charge in [0.25, 0.3) is 0 Å². The smallest absolute Gasteiger partial charge is 0.139 e. The second-order valence-electron chi connectivity index (χ2n) is 3.13. The van der Waals surface area contributed by atoms with Gasteiger partial charge in [-0.2, -0.15) is 0 Å². The van der Waals surface area contributed by atoms with Crippen molar-refractivity contribution in [1.82, 2.24) is 14.4 Å². The maximum Gasteiger partial charge on any atom is 0.139 e. The maximum atomic E-state index is 8.75. The lowest BCUT2D eigenvalue weighted by Gasteiger charge is -2.04. The van der Waals surface area contributed by atoms with Crippen LogP contribution in [-0.2, 0) is 0 Å². The van der Waals surface area contributed by atoms with Gasteiger partial charge in [-0.1, -0.05) is 0 Å². The minimum absolute atomic E-state index is 0.0767. The fourth-order valence-corrected chi connectivity index (χ4v) is 1.33. The molecule has 1 unspecified atom stereocenters. The van der Waals surface area contributed by atoms with E-state index in [1.165, 1.54) is 0 Å². The normalized spacial score (nSPS) is 13.3. The third-order valence-electron chi connectivity index (χ3n) is 2.10. The number of hydrogen-bond donors (Lipinski definition) is 2. The van der Waals surface area contributed by atoms with Gasteiger partial charge in [-0.15, -0.1) is 0 Å². The molecule has 74 valence electrons. The molecule has 0 saturated heterocycles. The van der Waals surface area contributed by atoms with E-state index in [0.717, 1.165) is 11.3 Å². The molecule has 0 aliphatic heterocycles. The monoisotopic (exact) mass is 192 g/mol. The topological polar surface area (TPSA) is 76.4 Å². The second-order valence-corrected chi connectivity index (χ2v) is 3.13. The number of nitrogens with zero attached hydrogens (tertiary/aromatic N) is 3. The molecule has 0 aliphatic rings. The lowest BCUT2D eigenvalue weighted by Crippen LogP contribution is -2.12. The molecule has 5 nitrogen and oxygen atoms in total. The first-order valence-electron chi connectivity index (χ1n) is 4.46. The predicted octanol–water partition coefficient (Wildman–Crippen LogP) is 0.111. The van der Waals surface area contributed by atoms with Crippen LogP contribution < -0.4 is 5.73 Å². The van der Waals surface area contributed by atoms with E-state index in [0.29, 0.717) is 6.42 Å². The van der Waals surface area contributed by atoms with Gasteiger partial charge in [0.05, 0.1) is 11.7 Å². The summed E-state index contributed by atoms with van der Waals surface area (Å²) in [6.45, 7) is 0.0767. The molecule has 2 aromatic rings. The zero-order valence-corrected chi connectivity index (χ0v) is 7.67. The summed E-state index contributed by atoms with van der Waals surface area (Å²) in [6.07, 6.45) is 5.72. The van der Waals surface area contributed by atoms with Crippen LogP contribution in [0.25, 0.3) is 5.65 Å². The van der Waals surface area contributed by atoms with Crippen LogP contribution in [-0.4, -0.2) is 26.1 Å². The van der Waals surface area contributed by atoms with Crippen molar-refractivity contribution in [2.24, 2.45) is 5.73 Å². The highest BCUT2D eigenvalue weighted by atomic mass is 16.3. The molecule has 0 spiro atoms. The fraction of sp³-hybridized carbons (Fsp3) is 0.333. The largest absolute Gasteiger partial charge is 0.396 e. The number of fused-ring (bicyclic) bond motifs is 1. The van der Waals surface area contributed by atoms with E-state index in [1.54, 1.807) is 12.5 Å². The summed E-state index contributed by atoms with van der Waals surface area (Å²) in [5.41, 5.74) is 7.42. The van der Waals surface area contributed by atoms with Gasteiger partial charge in [-0.3, -0.25) is 4.40 Å². The van der Waals surface area contributed by atoms with Crippen molar-refractivity contribution in [2.75, 3.05) is 6.61 Å². The van der Waals surface area contributed by atoms with E-state index in [1.807, 2.05) is 16.7 Å². The Bertz CT molecular complexity index is 392. The minimum atomic E-state index is -0.208. The van der Waals surface area contributed by atoms with Crippen molar-refractivity contribution >= 4 is 5.65 Å². The summed E-state index contributed by atoms with van der Waals surface area (Å²) in [4.78, 5) is 8.28. The summed E-state index contributed by atoms with van der Waals surface area (Å²) in [6, 6.07) is 1.61. The van der Waals surface area contributed by atoms with Crippen LogP contribution in [0.15, 0.2) is 24.8 Å². The number of aliphatic hydroxyl groups is 1. The second kappa shape index (κ2) is 3.73. The van der Waals surface area contributed by atoms with Crippen LogP contribution in [0.5, 0.6) is 0 Å². The van der Waals surface area contributed by atoms with Crippen molar-refractivity contribution < 1.29 is 5.11 Å². The van der Waals surface area contributed by atoms with Gasteiger partial charge in [0.15, 0.2) is 0 Å². The first kappa shape index (κ1) is 9.11. The zero-order chi connectivity index (χ0) is 9.97. The highest BCUT2D eigenvalue weighted by Gasteiger charge is 2.09. The highest BCUT2D eigenvalue weighted by Crippen LogP contribution is 2.12. The Labute approximate surface area is 81.2 Å². The SMILES string of the molecule is NC(CCO)c1cn2cnccc2n1. The molecule has 2 aromatic heterocycles. The van der Waals surface area contributed by atoms with Crippen LogP contribution in [0.3, 0.4) is 0 Å². The Hall–Kier alpha value is -1.46. The van der Waals surface area contributed by atoms with E-state index in [9.17, 15) is 0 Å². The van der Waals surface area contributed by atoms with E-state index in [2.05, 4.69) is 9.97 Å². The molecule has 5 heteroatoms. The molecule has 0 bridgehead atoms. The summed E-state index contributed by atoms with van der Waals surface area (Å²) < 4.78 is 1.81. The van der Waals surface area contributed by atoms with Crippen molar-refractivity contribution in [3.8, 4) is 0 Å². The number of rotatable bonds is 3. The molecule has 14 heavy (non-hydrogen) atoms. The number of aromatic nitrogens is 3. The summed E-state index contributed by atoms with van der Waals surface area (Å²) in [5, 5.41) is 8.75. The molecular formula is C9H12N4O. The predicted molar refractivity (Wildman–Crippen MR) is 51.6 cm³/mol. The van der Waals surface area contributed by atoms with E-state index >= 15 is 0 Å². The van der Waals surface area contributed by atoms with Gasteiger partial charge in [0.1, 0.15) is 12.0 Å². The third kappa shape index (κ3) is 1.59. The van der Waals surface area contributed by atoms with Crippen molar-refractivity contribution in [2.45, 2.75) is 12.5 Å². The summed E-state index contributed by atoms with van der Waals surface area (Å²) in [7, 11) is 0. The van der Waals surface area contributed by atoms with Gasteiger partial charge in [-0.05, 0) is 12.5 Å². The lowest BCUT2D eigenvalue weighted by atomic mass is 10.2. The quantitative estimate of drug-likeness (QED) is 0.723. The first-order chi connectivity index (χ1) is 6.81. The molecule has 0 aliphatic carbocycles. The van der Waals surface area contributed by atoms with E-state index in [-0.39, 0.29) is 12.6 Å². The molecule has 2 heterocycles. The Morgan fingerprint density at radius 1 is 1.57 bits per heavy atom. The lowest BCUT2D eigenvalue weighted by molar-refractivity contribution is 0.276. The van der Waals surface area contributed by atoms with Crippen molar-refractivity contribution in [3.63, 3.8) is 0 Å². The fourth-order valence-electron chi connectivity index (χ4n) is 1.33. The number of imidazole rings is 1. The van der Waals surface area contributed by atoms with Crippen LogP contribution in [0.4, 0.5) is 0 Å².